The fourth-order valence-electron chi connectivity index (χ4n) is 3.34. The van der Waals surface area contributed by atoms with Crippen LogP contribution in [0.25, 0.3) is 0 Å². The number of benzene rings is 2. The summed E-state index contributed by atoms with van der Waals surface area (Å²) < 4.78 is 18.3. The van der Waals surface area contributed by atoms with Crippen LogP contribution in [0, 0.1) is 12.7 Å². The lowest BCUT2D eigenvalue weighted by atomic mass is 10.0. The first-order valence-corrected chi connectivity index (χ1v) is 9.22. The minimum Gasteiger partial charge on any atom is -0.496 e. The Morgan fingerprint density at radius 2 is 1.89 bits per heavy atom. The molecule has 2 aromatic carbocycles. The molecule has 6 heteroatoms. The molecule has 1 saturated heterocycles. The van der Waals surface area contributed by atoms with E-state index in [1.165, 1.54) is 17.7 Å². The molecule has 0 bridgehead atoms. The molecule has 5 nitrogen and oxygen atoms in total. The number of methoxy groups -OCH3 is 1. The number of nitrogens with one attached hydrogen (secondary N) is 2. The number of carbonyl (C=O) groups excluding carboxylic acids is 1. The van der Waals surface area contributed by atoms with E-state index in [9.17, 15) is 9.18 Å². The first-order valence-electron chi connectivity index (χ1n) is 9.22. The third kappa shape index (κ3) is 5.44. The van der Waals surface area contributed by atoms with Crippen LogP contribution in [0.15, 0.2) is 42.5 Å². The van der Waals surface area contributed by atoms with Crippen molar-refractivity contribution in [1.82, 2.24) is 10.2 Å². The minimum atomic E-state index is -0.320. The molecule has 0 aliphatic carbocycles. The second kappa shape index (κ2) is 8.86. The molecular weight excluding hydrogens is 345 g/mol. The highest BCUT2D eigenvalue weighted by molar-refractivity contribution is 5.89. The van der Waals surface area contributed by atoms with E-state index >= 15 is 0 Å². The van der Waals surface area contributed by atoms with Crippen molar-refractivity contribution in [2.75, 3.05) is 25.5 Å². The van der Waals surface area contributed by atoms with E-state index in [1.807, 2.05) is 6.92 Å². The Balaban J connectivity index is 1.44. The molecule has 2 aromatic rings. The maximum Gasteiger partial charge on any atom is 0.319 e. The van der Waals surface area contributed by atoms with Gasteiger partial charge >= 0.3 is 6.03 Å². The van der Waals surface area contributed by atoms with Crippen molar-refractivity contribution in [1.29, 1.82) is 0 Å². The maximum atomic E-state index is 12.9. The van der Waals surface area contributed by atoms with E-state index in [0.717, 1.165) is 43.8 Å². The first kappa shape index (κ1) is 19.2. The smallest absolute Gasteiger partial charge is 0.319 e. The van der Waals surface area contributed by atoms with Gasteiger partial charge in [0, 0.05) is 31.4 Å². The fourth-order valence-corrected chi connectivity index (χ4v) is 3.34. The average Bonchev–Trinajstić information content (AvgIpc) is 2.66. The van der Waals surface area contributed by atoms with Crippen LogP contribution in [0.3, 0.4) is 0 Å². The van der Waals surface area contributed by atoms with Crippen molar-refractivity contribution in [3.05, 3.63) is 59.4 Å². The second-order valence-electron chi connectivity index (χ2n) is 6.96. The summed E-state index contributed by atoms with van der Waals surface area (Å²) in [7, 11) is 1.69. The summed E-state index contributed by atoms with van der Waals surface area (Å²) >= 11 is 0. The molecule has 0 unspecified atom stereocenters. The molecule has 1 heterocycles. The van der Waals surface area contributed by atoms with E-state index in [2.05, 4.69) is 33.7 Å². The summed E-state index contributed by atoms with van der Waals surface area (Å²) in [5, 5.41) is 5.74. The van der Waals surface area contributed by atoms with Gasteiger partial charge in [-0.3, -0.25) is 4.90 Å². The van der Waals surface area contributed by atoms with Crippen LogP contribution in [0.5, 0.6) is 5.75 Å². The molecule has 0 radical (unpaired) electrons. The van der Waals surface area contributed by atoms with E-state index in [4.69, 9.17) is 4.74 Å². The molecule has 1 aliphatic heterocycles. The van der Waals surface area contributed by atoms with Crippen molar-refractivity contribution < 1.29 is 13.9 Å². The molecule has 2 N–H and O–H groups in total. The summed E-state index contributed by atoms with van der Waals surface area (Å²) in [4.78, 5) is 14.5. The predicted octanol–water partition coefficient (Wildman–Crippen LogP) is 3.93. The second-order valence-corrected chi connectivity index (χ2v) is 6.96. The lowest BCUT2D eigenvalue weighted by Gasteiger charge is -2.32. The fraction of sp³-hybridized carbons (Fsp3) is 0.381. The Kier molecular flexibility index (Phi) is 6.29. The number of halogens is 1. The largest absolute Gasteiger partial charge is 0.496 e. The van der Waals surface area contributed by atoms with Gasteiger partial charge in [0.15, 0.2) is 0 Å². The monoisotopic (exact) mass is 371 g/mol. The van der Waals surface area contributed by atoms with Gasteiger partial charge < -0.3 is 15.4 Å². The summed E-state index contributed by atoms with van der Waals surface area (Å²) in [6, 6.07) is 12.0. The highest BCUT2D eigenvalue weighted by Gasteiger charge is 2.21. The van der Waals surface area contributed by atoms with Crippen LogP contribution in [-0.4, -0.2) is 37.2 Å². The standard InChI is InChI=1S/C21H26FN3O2/c1-15-3-4-16(13-20(15)27-2)14-25-11-9-19(10-12-25)24-21(26)23-18-7-5-17(22)6-8-18/h3-8,13,19H,9-12,14H2,1-2H3,(H2,23,24,26). The van der Waals surface area contributed by atoms with Crippen LogP contribution < -0.4 is 15.4 Å². The van der Waals surface area contributed by atoms with Gasteiger partial charge in [0.25, 0.3) is 0 Å². The molecule has 144 valence electrons. The molecule has 0 aromatic heterocycles. The number of carbonyl (C=O) groups is 1. The SMILES string of the molecule is COc1cc(CN2CCC(NC(=O)Nc3ccc(F)cc3)CC2)ccc1C. The molecule has 1 fully saturated rings. The topological polar surface area (TPSA) is 53.6 Å². The van der Waals surface area contributed by atoms with Crippen LogP contribution >= 0.6 is 0 Å². The zero-order valence-electron chi connectivity index (χ0n) is 15.8. The number of hydrogen-bond donors (Lipinski definition) is 2. The van der Waals surface area contributed by atoms with Crippen molar-refractivity contribution in [3.63, 3.8) is 0 Å². The number of rotatable bonds is 5. The van der Waals surface area contributed by atoms with Crippen LogP contribution in [0.4, 0.5) is 14.9 Å². The van der Waals surface area contributed by atoms with Gasteiger partial charge in [0.2, 0.25) is 0 Å². The number of urea groups is 1. The average molecular weight is 371 g/mol. The normalized spacial score (nSPS) is 15.4. The van der Waals surface area contributed by atoms with E-state index in [1.54, 1.807) is 19.2 Å². The van der Waals surface area contributed by atoms with Gasteiger partial charge in [-0.15, -0.1) is 0 Å². The Morgan fingerprint density at radius 3 is 2.56 bits per heavy atom. The third-order valence-electron chi connectivity index (χ3n) is 4.90. The van der Waals surface area contributed by atoms with Gasteiger partial charge in [-0.25, -0.2) is 9.18 Å². The van der Waals surface area contributed by atoms with Gasteiger partial charge in [-0.1, -0.05) is 12.1 Å². The predicted molar refractivity (Wildman–Crippen MR) is 105 cm³/mol. The highest BCUT2D eigenvalue weighted by Crippen LogP contribution is 2.21. The van der Waals surface area contributed by atoms with Gasteiger partial charge in [-0.05, 0) is 61.2 Å². The molecule has 0 saturated carbocycles. The van der Waals surface area contributed by atoms with Gasteiger partial charge in [0.05, 0.1) is 7.11 Å². The highest BCUT2D eigenvalue weighted by atomic mass is 19.1. The molecule has 2 amide bonds. The Bertz CT molecular complexity index is 771. The maximum absolute atomic E-state index is 12.9. The van der Waals surface area contributed by atoms with E-state index in [0.29, 0.717) is 5.69 Å². The zero-order chi connectivity index (χ0) is 19.2. The quantitative estimate of drug-likeness (QED) is 0.837. The molecule has 1 aliphatic rings. The Morgan fingerprint density at radius 1 is 1.19 bits per heavy atom. The third-order valence-corrected chi connectivity index (χ3v) is 4.90. The van der Waals surface area contributed by atoms with E-state index < -0.39 is 0 Å². The number of aryl methyl sites for hydroxylation is 1. The van der Waals surface area contributed by atoms with Gasteiger partial charge in [0.1, 0.15) is 11.6 Å². The minimum absolute atomic E-state index is 0.147. The zero-order valence-corrected chi connectivity index (χ0v) is 15.8. The molecule has 3 rings (SSSR count). The molecule has 0 atom stereocenters. The summed E-state index contributed by atoms with van der Waals surface area (Å²) in [6.45, 7) is 4.78. The number of likely N-dealkylation sites (tertiary alicyclic amines) is 1. The number of anilines is 1. The molecule has 0 spiro atoms. The van der Waals surface area contributed by atoms with Gasteiger partial charge in [-0.2, -0.15) is 0 Å². The number of ether oxygens (including phenoxy) is 1. The van der Waals surface area contributed by atoms with Crippen LogP contribution in [-0.2, 0) is 6.54 Å². The Labute approximate surface area is 159 Å². The summed E-state index contributed by atoms with van der Waals surface area (Å²) in [5.74, 6) is 0.598. The van der Waals surface area contributed by atoms with Crippen molar-refractivity contribution in [2.24, 2.45) is 0 Å². The first-order chi connectivity index (χ1) is 13.0. The lowest BCUT2D eigenvalue weighted by molar-refractivity contribution is 0.189. The number of nitrogens with zero attached hydrogens (tertiary/aromatic N) is 1. The molecule has 27 heavy (non-hydrogen) atoms. The van der Waals surface area contributed by atoms with Crippen LogP contribution in [0.1, 0.15) is 24.0 Å². The van der Waals surface area contributed by atoms with Crippen molar-refractivity contribution in [2.45, 2.75) is 32.4 Å². The lowest BCUT2D eigenvalue weighted by Crippen LogP contribution is -2.45. The molecular formula is C21H26FN3O2. The van der Waals surface area contributed by atoms with E-state index in [-0.39, 0.29) is 17.9 Å². The summed E-state index contributed by atoms with van der Waals surface area (Å²) in [6.07, 6.45) is 1.81. The Hall–Kier alpha value is -2.60. The van der Waals surface area contributed by atoms with Crippen molar-refractivity contribution >= 4 is 11.7 Å². The van der Waals surface area contributed by atoms with Crippen LogP contribution in [0.2, 0.25) is 0 Å². The number of amides is 2. The number of hydrogen-bond acceptors (Lipinski definition) is 3. The number of piperidine rings is 1. The summed E-state index contributed by atoms with van der Waals surface area (Å²) in [5.41, 5.74) is 2.95. The van der Waals surface area contributed by atoms with Crippen molar-refractivity contribution in [3.8, 4) is 5.75 Å².